The zero-order valence-electron chi connectivity index (χ0n) is 11.9. The molecule has 1 saturated heterocycles. The fraction of sp³-hybridized carbons (Fsp3) is 0.467. The van der Waals surface area contributed by atoms with Crippen molar-refractivity contribution in [1.82, 2.24) is 10.2 Å². The minimum atomic E-state index is -0.870. The predicted octanol–water partition coefficient (Wildman–Crippen LogP) is 3.05. The molecule has 0 aliphatic carbocycles. The van der Waals surface area contributed by atoms with Gasteiger partial charge in [0.05, 0.1) is 12.5 Å². The van der Waals surface area contributed by atoms with E-state index in [0.717, 1.165) is 18.4 Å². The number of carboxylic acid groups (broad SMARTS) is 1. The summed E-state index contributed by atoms with van der Waals surface area (Å²) in [6, 6.07) is 6.73. The summed E-state index contributed by atoms with van der Waals surface area (Å²) in [5.41, 5.74) is 0.960. The van der Waals surface area contributed by atoms with Gasteiger partial charge in [0.25, 0.3) is 0 Å². The molecule has 0 bridgehead atoms. The van der Waals surface area contributed by atoms with Crippen molar-refractivity contribution in [1.29, 1.82) is 0 Å². The third kappa shape index (κ3) is 4.11. The first-order valence-electron chi connectivity index (χ1n) is 7.01. The van der Waals surface area contributed by atoms with E-state index in [1.807, 2.05) is 19.1 Å². The van der Waals surface area contributed by atoms with Gasteiger partial charge in [0.15, 0.2) is 0 Å². The number of urea groups is 1. The van der Waals surface area contributed by atoms with Crippen LogP contribution in [0.5, 0.6) is 0 Å². The van der Waals surface area contributed by atoms with E-state index in [1.54, 1.807) is 17.0 Å². The standard InChI is InChI=1S/C15H19ClN2O3/c1-10(11-4-6-12(16)7-5-11)17-15(21)18-8-2-3-13(18)9-14(19)20/h4-7,10,13H,2-3,8-9H2,1H3,(H,17,21)(H,19,20). The Morgan fingerprint density at radius 3 is 2.71 bits per heavy atom. The number of likely N-dealkylation sites (tertiary alicyclic amines) is 1. The molecule has 2 N–H and O–H groups in total. The third-order valence-electron chi connectivity index (χ3n) is 3.76. The van der Waals surface area contributed by atoms with Crippen LogP contribution in [-0.4, -0.2) is 34.6 Å². The average molecular weight is 311 g/mol. The largest absolute Gasteiger partial charge is 0.481 e. The Hall–Kier alpha value is -1.75. The van der Waals surface area contributed by atoms with Crippen molar-refractivity contribution in [2.45, 2.75) is 38.3 Å². The van der Waals surface area contributed by atoms with Gasteiger partial charge in [-0.3, -0.25) is 4.79 Å². The van der Waals surface area contributed by atoms with E-state index >= 15 is 0 Å². The van der Waals surface area contributed by atoms with E-state index in [4.69, 9.17) is 16.7 Å². The minimum absolute atomic E-state index is 0.00272. The van der Waals surface area contributed by atoms with Crippen LogP contribution < -0.4 is 5.32 Å². The van der Waals surface area contributed by atoms with Crippen LogP contribution in [0.1, 0.15) is 37.8 Å². The van der Waals surface area contributed by atoms with Gasteiger partial charge in [-0.1, -0.05) is 23.7 Å². The smallest absolute Gasteiger partial charge is 0.318 e. The number of carbonyl (C=O) groups is 2. The molecule has 5 nitrogen and oxygen atoms in total. The van der Waals surface area contributed by atoms with Crippen LogP contribution in [0.25, 0.3) is 0 Å². The highest BCUT2D eigenvalue weighted by molar-refractivity contribution is 6.30. The molecule has 0 spiro atoms. The van der Waals surface area contributed by atoms with E-state index in [2.05, 4.69) is 5.32 Å². The summed E-state index contributed by atoms with van der Waals surface area (Å²) >= 11 is 5.84. The Morgan fingerprint density at radius 2 is 2.10 bits per heavy atom. The Bertz CT molecular complexity index is 518. The van der Waals surface area contributed by atoms with E-state index < -0.39 is 5.97 Å². The van der Waals surface area contributed by atoms with E-state index in [1.165, 1.54) is 0 Å². The van der Waals surface area contributed by atoms with Gasteiger partial charge in [0, 0.05) is 17.6 Å². The maximum Gasteiger partial charge on any atom is 0.318 e. The third-order valence-corrected chi connectivity index (χ3v) is 4.01. The van der Waals surface area contributed by atoms with Crippen LogP contribution in [-0.2, 0) is 4.79 Å². The highest BCUT2D eigenvalue weighted by atomic mass is 35.5. The van der Waals surface area contributed by atoms with Crippen LogP contribution in [0.2, 0.25) is 5.02 Å². The summed E-state index contributed by atoms with van der Waals surface area (Å²) in [5, 5.41) is 12.5. The van der Waals surface area contributed by atoms with Gasteiger partial charge in [-0.05, 0) is 37.5 Å². The Labute approximate surface area is 128 Å². The lowest BCUT2D eigenvalue weighted by Gasteiger charge is -2.26. The molecule has 1 aliphatic heterocycles. The van der Waals surface area contributed by atoms with Crippen LogP contribution >= 0.6 is 11.6 Å². The summed E-state index contributed by atoms with van der Waals surface area (Å²) < 4.78 is 0. The molecule has 114 valence electrons. The van der Waals surface area contributed by atoms with Crippen molar-refractivity contribution in [3.8, 4) is 0 Å². The second-order valence-electron chi connectivity index (χ2n) is 5.31. The molecule has 1 aromatic carbocycles. The SMILES string of the molecule is CC(NC(=O)N1CCCC1CC(=O)O)c1ccc(Cl)cc1. The number of nitrogens with one attached hydrogen (secondary N) is 1. The molecule has 2 atom stereocenters. The van der Waals surface area contributed by atoms with Crippen LogP contribution in [0, 0.1) is 0 Å². The molecule has 1 heterocycles. The molecule has 0 saturated carbocycles. The molecule has 2 amide bonds. The minimum Gasteiger partial charge on any atom is -0.481 e. The van der Waals surface area contributed by atoms with E-state index in [0.29, 0.717) is 11.6 Å². The van der Waals surface area contributed by atoms with Gasteiger partial charge in [0.2, 0.25) is 0 Å². The molecule has 1 aliphatic rings. The maximum absolute atomic E-state index is 12.3. The normalized spacial score (nSPS) is 19.3. The summed E-state index contributed by atoms with van der Waals surface area (Å²) in [5.74, 6) is -0.870. The Kier molecular flexibility index (Phi) is 5.07. The monoisotopic (exact) mass is 310 g/mol. The molecule has 6 heteroatoms. The van der Waals surface area contributed by atoms with E-state index in [9.17, 15) is 9.59 Å². The molecule has 1 fully saturated rings. The number of rotatable bonds is 4. The molecule has 1 aromatic rings. The average Bonchev–Trinajstić information content (AvgIpc) is 2.86. The number of hydrogen-bond donors (Lipinski definition) is 2. The molecule has 2 rings (SSSR count). The molecular weight excluding hydrogens is 292 g/mol. The number of amides is 2. The zero-order valence-corrected chi connectivity index (χ0v) is 12.6. The molecule has 0 radical (unpaired) electrons. The summed E-state index contributed by atoms with van der Waals surface area (Å²) in [6.45, 7) is 2.50. The quantitative estimate of drug-likeness (QED) is 0.898. The molecular formula is C15H19ClN2O3. The Morgan fingerprint density at radius 1 is 1.43 bits per heavy atom. The Balaban J connectivity index is 1.96. The number of carbonyl (C=O) groups excluding carboxylic acids is 1. The van der Waals surface area contributed by atoms with Crippen LogP contribution in [0.15, 0.2) is 24.3 Å². The number of benzene rings is 1. The first-order valence-corrected chi connectivity index (χ1v) is 7.39. The van der Waals surface area contributed by atoms with Crippen molar-refractivity contribution < 1.29 is 14.7 Å². The van der Waals surface area contributed by atoms with Gasteiger partial charge < -0.3 is 15.3 Å². The number of halogens is 1. The molecule has 21 heavy (non-hydrogen) atoms. The van der Waals surface area contributed by atoms with Crippen molar-refractivity contribution >= 4 is 23.6 Å². The maximum atomic E-state index is 12.3. The lowest BCUT2D eigenvalue weighted by Crippen LogP contribution is -2.44. The van der Waals surface area contributed by atoms with Crippen LogP contribution in [0.3, 0.4) is 0 Å². The fourth-order valence-corrected chi connectivity index (χ4v) is 2.75. The first-order chi connectivity index (χ1) is 9.97. The van der Waals surface area contributed by atoms with Crippen molar-refractivity contribution in [2.24, 2.45) is 0 Å². The molecule has 2 unspecified atom stereocenters. The number of nitrogens with zero attached hydrogens (tertiary/aromatic N) is 1. The van der Waals surface area contributed by atoms with Gasteiger partial charge in [-0.15, -0.1) is 0 Å². The lowest BCUT2D eigenvalue weighted by molar-refractivity contribution is -0.137. The van der Waals surface area contributed by atoms with Gasteiger partial charge in [-0.2, -0.15) is 0 Å². The van der Waals surface area contributed by atoms with Crippen LogP contribution in [0.4, 0.5) is 4.79 Å². The van der Waals surface area contributed by atoms with Gasteiger partial charge >= 0.3 is 12.0 Å². The first kappa shape index (κ1) is 15.6. The molecule has 0 aromatic heterocycles. The van der Waals surface area contributed by atoms with E-state index in [-0.39, 0.29) is 24.5 Å². The second kappa shape index (κ2) is 6.80. The number of carboxylic acids is 1. The lowest BCUT2D eigenvalue weighted by atomic mass is 10.1. The number of aliphatic carboxylic acids is 1. The highest BCUT2D eigenvalue weighted by Crippen LogP contribution is 2.22. The summed E-state index contributed by atoms with van der Waals surface area (Å²) in [7, 11) is 0. The number of hydrogen-bond acceptors (Lipinski definition) is 2. The van der Waals surface area contributed by atoms with Crippen molar-refractivity contribution in [3.63, 3.8) is 0 Å². The second-order valence-corrected chi connectivity index (χ2v) is 5.75. The highest BCUT2D eigenvalue weighted by Gasteiger charge is 2.30. The fourth-order valence-electron chi connectivity index (χ4n) is 2.62. The van der Waals surface area contributed by atoms with Gasteiger partial charge in [0.1, 0.15) is 0 Å². The summed E-state index contributed by atoms with van der Waals surface area (Å²) in [4.78, 5) is 24.7. The van der Waals surface area contributed by atoms with Crippen molar-refractivity contribution in [3.05, 3.63) is 34.9 Å². The van der Waals surface area contributed by atoms with Gasteiger partial charge in [-0.25, -0.2) is 4.79 Å². The topological polar surface area (TPSA) is 69.6 Å². The summed E-state index contributed by atoms with van der Waals surface area (Å²) in [6.07, 6.45) is 1.60. The van der Waals surface area contributed by atoms with Crippen molar-refractivity contribution in [2.75, 3.05) is 6.54 Å². The zero-order chi connectivity index (χ0) is 15.4. The predicted molar refractivity (Wildman–Crippen MR) is 80.4 cm³/mol.